The van der Waals surface area contributed by atoms with Crippen LogP contribution >= 0.6 is 11.3 Å². The molecular formula is C9H11FO4S2. The first kappa shape index (κ1) is 12.0. The molecule has 0 N–H and O–H groups in total. The average molecular weight is 266 g/mol. The van der Waals surface area contributed by atoms with Gasteiger partial charge in [-0.1, -0.05) is 0 Å². The summed E-state index contributed by atoms with van der Waals surface area (Å²) in [6.45, 7) is 4.09. The summed E-state index contributed by atoms with van der Waals surface area (Å²) in [6.07, 6.45) is -0.759. The highest BCUT2D eigenvalue weighted by molar-refractivity contribution is 7.86. The zero-order chi connectivity index (χ0) is 11.9. The molecule has 0 unspecified atom stereocenters. The third-order valence-electron chi connectivity index (χ3n) is 2.35. The first-order valence-electron chi connectivity index (χ1n) is 4.69. The van der Waals surface area contributed by atoms with Crippen LogP contribution in [-0.2, 0) is 19.7 Å². The zero-order valence-corrected chi connectivity index (χ0v) is 10.5. The molecule has 16 heavy (non-hydrogen) atoms. The van der Waals surface area contributed by atoms with Crippen LogP contribution in [0, 0.1) is 13.8 Å². The molecule has 1 aliphatic heterocycles. The van der Waals surface area contributed by atoms with Crippen molar-refractivity contribution in [1.29, 1.82) is 0 Å². The van der Waals surface area contributed by atoms with Crippen molar-refractivity contribution < 1.29 is 21.8 Å². The Bertz CT molecular complexity index is 500. The molecular weight excluding hydrogens is 255 g/mol. The molecule has 0 saturated carbocycles. The van der Waals surface area contributed by atoms with Crippen molar-refractivity contribution in [3.05, 3.63) is 15.3 Å². The Balaban J connectivity index is 2.59. The molecule has 0 spiro atoms. The third-order valence-corrected chi connectivity index (χ3v) is 4.53. The monoisotopic (exact) mass is 266 g/mol. The van der Waals surface area contributed by atoms with Crippen LogP contribution in [0.15, 0.2) is 4.90 Å². The summed E-state index contributed by atoms with van der Waals surface area (Å²) < 4.78 is 45.8. The zero-order valence-electron chi connectivity index (χ0n) is 8.82. The van der Waals surface area contributed by atoms with Crippen LogP contribution in [0.1, 0.15) is 21.6 Å². The van der Waals surface area contributed by atoms with Gasteiger partial charge in [-0.05, 0) is 13.8 Å². The van der Waals surface area contributed by atoms with Crippen molar-refractivity contribution >= 4 is 21.6 Å². The molecule has 2 heterocycles. The SMILES string of the molecule is Cc1sc(C)c(S(=O)(=O)F)c1C1OCCO1. The van der Waals surface area contributed by atoms with E-state index < -0.39 is 16.5 Å². The molecule has 0 bridgehead atoms. The maximum atomic E-state index is 13.2. The fourth-order valence-corrected chi connectivity index (χ4v) is 4.10. The Morgan fingerprint density at radius 1 is 1.25 bits per heavy atom. The Kier molecular flexibility index (Phi) is 3.04. The summed E-state index contributed by atoms with van der Waals surface area (Å²) in [5.74, 6) is 0. The van der Waals surface area contributed by atoms with Gasteiger partial charge in [-0.15, -0.1) is 15.2 Å². The van der Waals surface area contributed by atoms with Gasteiger partial charge in [0.15, 0.2) is 6.29 Å². The maximum Gasteiger partial charge on any atom is 0.333 e. The van der Waals surface area contributed by atoms with Crippen LogP contribution in [0.25, 0.3) is 0 Å². The lowest BCUT2D eigenvalue weighted by Crippen LogP contribution is -2.05. The van der Waals surface area contributed by atoms with E-state index in [0.29, 0.717) is 28.5 Å². The molecule has 7 heteroatoms. The molecule has 4 nitrogen and oxygen atoms in total. The lowest BCUT2D eigenvalue weighted by molar-refractivity contribution is -0.0462. The lowest BCUT2D eigenvalue weighted by atomic mass is 10.2. The number of rotatable bonds is 2. The van der Waals surface area contributed by atoms with E-state index in [1.165, 1.54) is 11.3 Å². The van der Waals surface area contributed by atoms with Gasteiger partial charge >= 0.3 is 10.2 Å². The maximum absolute atomic E-state index is 13.2. The first-order chi connectivity index (χ1) is 7.41. The molecule has 2 rings (SSSR count). The van der Waals surface area contributed by atoms with Gasteiger partial charge in [0.1, 0.15) is 4.90 Å². The molecule has 0 aliphatic carbocycles. The summed E-state index contributed by atoms with van der Waals surface area (Å²) in [5.41, 5.74) is 0.308. The summed E-state index contributed by atoms with van der Waals surface area (Å²) >= 11 is 1.23. The van der Waals surface area contributed by atoms with Crippen molar-refractivity contribution in [2.45, 2.75) is 25.0 Å². The largest absolute Gasteiger partial charge is 0.346 e. The highest BCUT2D eigenvalue weighted by atomic mass is 32.3. The number of aryl methyl sites for hydroxylation is 2. The molecule has 90 valence electrons. The van der Waals surface area contributed by atoms with Gasteiger partial charge in [0.05, 0.1) is 13.2 Å². The van der Waals surface area contributed by atoms with Gasteiger partial charge in [0.2, 0.25) is 0 Å². The summed E-state index contributed by atoms with van der Waals surface area (Å²) in [7, 11) is -4.73. The minimum absolute atomic E-state index is 0.290. The number of ether oxygens (including phenoxy) is 2. The fraction of sp³-hybridized carbons (Fsp3) is 0.556. The van der Waals surface area contributed by atoms with Gasteiger partial charge in [-0.25, -0.2) is 0 Å². The highest BCUT2D eigenvalue weighted by Crippen LogP contribution is 2.39. The predicted octanol–water partition coefficient (Wildman–Crippen LogP) is 2.07. The van der Waals surface area contributed by atoms with Crippen molar-refractivity contribution in [3.63, 3.8) is 0 Å². The first-order valence-corrected chi connectivity index (χ1v) is 6.89. The molecule has 1 aromatic rings. The fourth-order valence-electron chi connectivity index (χ4n) is 1.78. The summed E-state index contributed by atoms with van der Waals surface area (Å²) in [4.78, 5) is 0.844. The topological polar surface area (TPSA) is 52.6 Å². The molecule has 1 aliphatic rings. The van der Waals surface area contributed by atoms with Crippen LogP contribution < -0.4 is 0 Å². The Morgan fingerprint density at radius 3 is 2.31 bits per heavy atom. The molecule has 0 radical (unpaired) electrons. The van der Waals surface area contributed by atoms with Gasteiger partial charge in [-0.3, -0.25) is 0 Å². The van der Waals surface area contributed by atoms with Crippen LogP contribution in [0.4, 0.5) is 3.89 Å². The van der Waals surface area contributed by atoms with E-state index in [9.17, 15) is 12.3 Å². The van der Waals surface area contributed by atoms with Crippen LogP contribution in [-0.4, -0.2) is 21.6 Å². The number of hydrogen-bond acceptors (Lipinski definition) is 5. The molecule has 0 aromatic carbocycles. The Hall–Kier alpha value is -0.500. The van der Waals surface area contributed by atoms with Crippen LogP contribution in [0.3, 0.4) is 0 Å². The molecule has 1 aromatic heterocycles. The minimum atomic E-state index is -4.73. The lowest BCUT2D eigenvalue weighted by Gasteiger charge is -2.10. The van der Waals surface area contributed by atoms with E-state index in [-0.39, 0.29) is 4.90 Å². The van der Waals surface area contributed by atoms with E-state index in [1.54, 1.807) is 13.8 Å². The van der Waals surface area contributed by atoms with Gasteiger partial charge < -0.3 is 9.47 Å². The van der Waals surface area contributed by atoms with Gasteiger partial charge in [0.25, 0.3) is 0 Å². The van der Waals surface area contributed by atoms with Gasteiger partial charge in [-0.2, -0.15) is 8.42 Å². The average Bonchev–Trinajstić information content (AvgIpc) is 2.70. The second-order valence-corrected chi connectivity index (χ2v) is 6.18. The Morgan fingerprint density at radius 2 is 1.81 bits per heavy atom. The number of hydrogen-bond donors (Lipinski definition) is 0. The highest BCUT2D eigenvalue weighted by Gasteiger charge is 2.32. The van der Waals surface area contributed by atoms with Crippen molar-refractivity contribution in [2.75, 3.05) is 13.2 Å². The molecule has 1 fully saturated rings. The second-order valence-electron chi connectivity index (χ2n) is 3.47. The van der Waals surface area contributed by atoms with Crippen molar-refractivity contribution in [3.8, 4) is 0 Å². The second kappa shape index (κ2) is 4.06. The van der Waals surface area contributed by atoms with Crippen LogP contribution in [0.5, 0.6) is 0 Å². The minimum Gasteiger partial charge on any atom is -0.346 e. The predicted molar refractivity (Wildman–Crippen MR) is 56.7 cm³/mol. The van der Waals surface area contributed by atoms with Crippen LogP contribution in [0.2, 0.25) is 0 Å². The third kappa shape index (κ3) is 2.00. The number of halogens is 1. The van der Waals surface area contributed by atoms with E-state index in [4.69, 9.17) is 9.47 Å². The van der Waals surface area contributed by atoms with E-state index in [2.05, 4.69) is 0 Å². The van der Waals surface area contributed by atoms with Crippen molar-refractivity contribution in [1.82, 2.24) is 0 Å². The van der Waals surface area contributed by atoms with Gasteiger partial charge in [0, 0.05) is 15.3 Å². The van der Waals surface area contributed by atoms with E-state index in [0.717, 1.165) is 0 Å². The smallest absolute Gasteiger partial charge is 0.333 e. The quantitative estimate of drug-likeness (QED) is 0.769. The standard InChI is InChI=1S/C9H11FO4S2/c1-5-7(9-13-3-4-14-9)8(6(2)15-5)16(10,11)12/h9H,3-4H2,1-2H3. The van der Waals surface area contributed by atoms with E-state index in [1.807, 2.05) is 0 Å². The molecule has 0 atom stereocenters. The number of thiophene rings is 1. The summed E-state index contributed by atoms with van der Waals surface area (Å²) in [6, 6.07) is 0. The molecule has 0 amide bonds. The summed E-state index contributed by atoms with van der Waals surface area (Å²) in [5, 5.41) is 0. The molecule has 1 saturated heterocycles. The normalized spacial score (nSPS) is 18.2. The van der Waals surface area contributed by atoms with E-state index >= 15 is 0 Å². The van der Waals surface area contributed by atoms with Crippen molar-refractivity contribution in [2.24, 2.45) is 0 Å². The Labute approximate surface area is 97.2 Å².